The molecule has 2 aliphatic rings. The summed E-state index contributed by atoms with van der Waals surface area (Å²) in [5.74, 6) is -0.117. The van der Waals surface area contributed by atoms with E-state index in [1.807, 2.05) is 12.1 Å². The maximum atomic E-state index is 14.3. The third-order valence-electron chi connectivity index (χ3n) is 3.97. The predicted octanol–water partition coefficient (Wildman–Crippen LogP) is 2.48. The molecule has 1 unspecified atom stereocenters. The van der Waals surface area contributed by atoms with E-state index in [9.17, 15) is 4.39 Å². The van der Waals surface area contributed by atoms with Gasteiger partial charge in [0.25, 0.3) is 0 Å². The molecule has 0 amide bonds. The van der Waals surface area contributed by atoms with Gasteiger partial charge in [0.05, 0.1) is 18.4 Å². The maximum absolute atomic E-state index is 14.3. The Labute approximate surface area is 113 Å². The van der Waals surface area contributed by atoms with Crippen molar-refractivity contribution in [3.05, 3.63) is 29.6 Å². The van der Waals surface area contributed by atoms with E-state index < -0.39 is 0 Å². The highest BCUT2D eigenvalue weighted by Crippen LogP contribution is 2.27. The third-order valence-corrected chi connectivity index (χ3v) is 3.97. The molecule has 2 aliphatic heterocycles. The van der Waals surface area contributed by atoms with Crippen LogP contribution < -0.4 is 10.2 Å². The van der Waals surface area contributed by atoms with Crippen LogP contribution in [-0.4, -0.2) is 32.8 Å². The fourth-order valence-corrected chi connectivity index (χ4v) is 2.89. The molecule has 3 nitrogen and oxygen atoms in total. The zero-order valence-corrected chi connectivity index (χ0v) is 11.2. The van der Waals surface area contributed by atoms with Crippen LogP contribution in [0.5, 0.6) is 0 Å². The van der Waals surface area contributed by atoms with E-state index in [-0.39, 0.29) is 11.9 Å². The number of morpholine rings is 1. The Hall–Kier alpha value is -1.13. The number of benzene rings is 1. The second-order valence-electron chi connectivity index (χ2n) is 5.32. The lowest BCUT2D eigenvalue weighted by Crippen LogP contribution is -2.33. The van der Waals surface area contributed by atoms with E-state index in [1.54, 1.807) is 6.07 Å². The summed E-state index contributed by atoms with van der Waals surface area (Å²) in [6, 6.07) is 5.56. The molecule has 1 atom stereocenters. The van der Waals surface area contributed by atoms with Crippen LogP contribution in [0.1, 0.15) is 30.9 Å². The number of piperidine rings is 1. The second-order valence-corrected chi connectivity index (χ2v) is 5.32. The molecule has 104 valence electrons. The lowest BCUT2D eigenvalue weighted by atomic mass is 10.1. The number of hydrogen-bond acceptors (Lipinski definition) is 3. The Bertz CT molecular complexity index is 426. The van der Waals surface area contributed by atoms with Crippen molar-refractivity contribution in [1.82, 2.24) is 5.32 Å². The van der Waals surface area contributed by atoms with Gasteiger partial charge in [0.2, 0.25) is 0 Å². The van der Waals surface area contributed by atoms with Gasteiger partial charge in [-0.25, -0.2) is 4.39 Å². The molecule has 0 bridgehead atoms. The highest BCUT2D eigenvalue weighted by Gasteiger charge is 2.19. The quantitative estimate of drug-likeness (QED) is 0.888. The van der Waals surface area contributed by atoms with Gasteiger partial charge in [0, 0.05) is 26.2 Å². The first-order valence-electron chi connectivity index (χ1n) is 7.21. The van der Waals surface area contributed by atoms with Crippen molar-refractivity contribution in [2.24, 2.45) is 0 Å². The fourth-order valence-electron chi connectivity index (χ4n) is 2.89. The first kappa shape index (κ1) is 12.9. The van der Waals surface area contributed by atoms with Gasteiger partial charge in [-0.1, -0.05) is 6.07 Å². The minimum Gasteiger partial charge on any atom is -0.371 e. The van der Waals surface area contributed by atoms with Gasteiger partial charge < -0.3 is 15.0 Å². The van der Waals surface area contributed by atoms with E-state index in [2.05, 4.69) is 10.2 Å². The summed E-state index contributed by atoms with van der Waals surface area (Å²) in [4.78, 5) is 2.16. The molecule has 1 aromatic carbocycles. The van der Waals surface area contributed by atoms with E-state index >= 15 is 0 Å². The van der Waals surface area contributed by atoms with Crippen LogP contribution in [0.2, 0.25) is 0 Å². The molecule has 1 aromatic rings. The Morgan fingerprint density at radius 1 is 1.21 bits per heavy atom. The molecule has 0 aliphatic carbocycles. The summed E-state index contributed by atoms with van der Waals surface area (Å²) in [6.07, 6.45) is 3.57. The number of nitrogens with zero attached hydrogens (tertiary/aromatic N) is 1. The Morgan fingerprint density at radius 2 is 2.05 bits per heavy atom. The monoisotopic (exact) mass is 264 g/mol. The molecule has 0 spiro atoms. The minimum absolute atomic E-state index is 0.0151. The van der Waals surface area contributed by atoms with Crippen molar-refractivity contribution in [1.29, 1.82) is 0 Å². The van der Waals surface area contributed by atoms with Gasteiger partial charge in [-0.05, 0) is 37.0 Å². The number of ether oxygens (including phenoxy) is 1. The summed E-state index contributed by atoms with van der Waals surface area (Å²) in [5, 5.41) is 3.27. The molecule has 0 radical (unpaired) electrons. The molecule has 1 N–H and O–H groups in total. The van der Waals surface area contributed by atoms with Crippen molar-refractivity contribution >= 4 is 5.69 Å². The SMILES string of the molecule is Fc1cc(C2CNCCO2)ccc1N1CCCCC1. The molecule has 0 aromatic heterocycles. The lowest BCUT2D eigenvalue weighted by Gasteiger charge is -2.30. The summed E-state index contributed by atoms with van der Waals surface area (Å²) < 4.78 is 19.9. The normalized spacial score (nSPS) is 24.5. The highest BCUT2D eigenvalue weighted by atomic mass is 19.1. The fraction of sp³-hybridized carbons (Fsp3) is 0.600. The van der Waals surface area contributed by atoms with Crippen LogP contribution in [0.25, 0.3) is 0 Å². The van der Waals surface area contributed by atoms with Gasteiger partial charge in [-0.2, -0.15) is 0 Å². The Morgan fingerprint density at radius 3 is 2.74 bits per heavy atom. The maximum Gasteiger partial charge on any atom is 0.146 e. The molecule has 2 heterocycles. The van der Waals surface area contributed by atoms with E-state index in [1.165, 1.54) is 6.42 Å². The van der Waals surface area contributed by atoms with Crippen LogP contribution in [0.4, 0.5) is 10.1 Å². The van der Waals surface area contributed by atoms with Gasteiger partial charge in [0.15, 0.2) is 0 Å². The molecular weight excluding hydrogens is 243 g/mol. The molecular formula is C15H21FN2O. The van der Waals surface area contributed by atoms with Crippen LogP contribution in [0, 0.1) is 5.82 Å². The van der Waals surface area contributed by atoms with Crippen molar-refractivity contribution < 1.29 is 9.13 Å². The number of anilines is 1. The van der Waals surface area contributed by atoms with E-state index in [0.717, 1.165) is 50.3 Å². The van der Waals surface area contributed by atoms with Gasteiger partial charge in [-0.15, -0.1) is 0 Å². The molecule has 2 saturated heterocycles. The van der Waals surface area contributed by atoms with Crippen LogP contribution in [0.3, 0.4) is 0 Å². The molecule has 0 saturated carbocycles. The smallest absolute Gasteiger partial charge is 0.146 e. The summed E-state index contributed by atoms with van der Waals surface area (Å²) in [6.45, 7) is 4.28. The van der Waals surface area contributed by atoms with Gasteiger partial charge in [-0.3, -0.25) is 0 Å². The summed E-state index contributed by atoms with van der Waals surface area (Å²) in [7, 11) is 0. The number of hydrogen-bond donors (Lipinski definition) is 1. The summed E-state index contributed by atoms with van der Waals surface area (Å²) >= 11 is 0. The van der Waals surface area contributed by atoms with Crippen LogP contribution in [0.15, 0.2) is 18.2 Å². The first-order chi connectivity index (χ1) is 9.34. The van der Waals surface area contributed by atoms with Crippen LogP contribution in [-0.2, 0) is 4.74 Å². The summed E-state index contributed by atoms with van der Waals surface area (Å²) in [5.41, 5.74) is 1.68. The number of rotatable bonds is 2. The molecule has 4 heteroatoms. The number of nitrogens with one attached hydrogen (secondary N) is 1. The standard InChI is InChI=1S/C15H21FN2O/c16-13-10-12(15-11-17-6-9-19-15)4-5-14(13)18-7-2-1-3-8-18/h4-5,10,15,17H,1-3,6-9,11H2. The Kier molecular flexibility index (Phi) is 3.99. The lowest BCUT2D eigenvalue weighted by molar-refractivity contribution is 0.0275. The number of halogens is 1. The van der Waals surface area contributed by atoms with E-state index in [0.29, 0.717) is 6.61 Å². The Balaban J connectivity index is 1.76. The molecule has 3 rings (SSSR count). The van der Waals surface area contributed by atoms with Gasteiger partial charge in [0.1, 0.15) is 5.82 Å². The predicted molar refractivity (Wildman–Crippen MR) is 74.0 cm³/mol. The zero-order valence-electron chi connectivity index (χ0n) is 11.2. The van der Waals surface area contributed by atoms with Crippen molar-refractivity contribution in [2.45, 2.75) is 25.4 Å². The highest BCUT2D eigenvalue weighted by molar-refractivity contribution is 5.49. The molecule has 2 fully saturated rings. The average molecular weight is 264 g/mol. The second kappa shape index (κ2) is 5.88. The van der Waals surface area contributed by atoms with Crippen molar-refractivity contribution in [2.75, 3.05) is 37.7 Å². The van der Waals surface area contributed by atoms with Crippen molar-refractivity contribution in [3.63, 3.8) is 0 Å². The third kappa shape index (κ3) is 2.90. The zero-order chi connectivity index (χ0) is 13.1. The van der Waals surface area contributed by atoms with Crippen molar-refractivity contribution in [3.8, 4) is 0 Å². The van der Waals surface area contributed by atoms with E-state index in [4.69, 9.17) is 4.74 Å². The largest absolute Gasteiger partial charge is 0.371 e. The average Bonchev–Trinajstić information content (AvgIpc) is 2.49. The van der Waals surface area contributed by atoms with Crippen LogP contribution >= 0.6 is 0 Å². The first-order valence-corrected chi connectivity index (χ1v) is 7.21. The molecule has 19 heavy (non-hydrogen) atoms. The minimum atomic E-state index is -0.117. The topological polar surface area (TPSA) is 24.5 Å². The van der Waals surface area contributed by atoms with Gasteiger partial charge >= 0.3 is 0 Å².